The molecular formula is C12H22N2O3. The summed E-state index contributed by atoms with van der Waals surface area (Å²) >= 11 is 0. The van der Waals surface area contributed by atoms with E-state index in [2.05, 4.69) is 10.6 Å². The average molecular weight is 242 g/mol. The normalized spacial score (nSPS) is 18.1. The molecule has 1 aliphatic rings. The molecule has 0 aromatic rings. The minimum absolute atomic E-state index is 0.0355. The summed E-state index contributed by atoms with van der Waals surface area (Å²) in [4.78, 5) is 22.9. The number of amides is 2. The second kappa shape index (κ2) is 5.04. The maximum absolute atomic E-state index is 11.5. The van der Waals surface area contributed by atoms with E-state index >= 15 is 0 Å². The summed E-state index contributed by atoms with van der Waals surface area (Å²) in [6, 6.07) is 0. The van der Waals surface area contributed by atoms with Crippen LogP contribution in [0.5, 0.6) is 0 Å². The van der Waals surface area contributed by atoms with E-state index in [-0.39, 0.29) is 24.9 Å². The highest BCUT2D eigenvalue weighted by atomic mass is 16.3. The van der Waals surface area contributed by atoms with Gasteiger partial charge in [-0.05, 0) is 19.3 Å². The van der Waals surface area contributed by atoms with Gasteiger partial charge in [0, 0.05) is 12.0 Å². The fourth-order valence-electron chi connectivity index (χ4n) is 1.51. The summed E-state index contributed by atoms with van der Waals surface area (Å²) in [7, 11) is 0. The quantitative estimate of drug-likeness (QED) is 0.658. The van der Waals surface area contributed by atoms with Crippen molar-refractivity contribution in [1.82, 2.24) is 10.6 Å². The fourth-order valence-corrected chi connectivity index (χ4v) is 1.51. The van der Waals surface area contributed by atoms with Crippen molar-refractivity contribution in [3.8, 4) is 0 Å². The van der Waals surface area contributed by atoms with E-state index in [1.807, 2.05) is 0 Å². The summed E-state index contributed by atoms with van der Waals surface area (Å²) in [5, 5.41) is 15.0. The molecule has 5 heteroatoms. The van der Waals surface area contributed by atoms with Crippen LogP contribution < -0.4 is 10.6 Å². The van der Waals surface area contributed by atoms with E-state index in [1.165, 1.54) is 0 Å². The molecule has 0 atom stereocenters. The van der Waals surface area contributed by atoms with Gasteiger partial charge in [0.05, 0.1) is 12.1 Å². The first kappa shape index (κ1) is 14.0. The topological polar surface area (TPSA) is 78.4 Å². The molecule has 0 aromatic heterocycles. The lowest BCUT2D eigenvalue weighted by Crippen LogP contribution is -2.50. The SMILES string of the molecule is CC(C)(C)C(=O)NCC(=O)NCC1(O)CCC1. The van der Waals surface area contributed by atoms with Crippen LogP contribution in [0.1, 0.15) is 40.0 Å². The van der Waals surface area contributed by atoms with E-state index in [0.29, 0.717) is 0 Å². The van der Waals surface area contributed by atoms with Gasteiger partial charge < -0.3 is 15.7 Å². The molecule has 1 fully saturated rings. The zero-order chi connectivity index (χ0) is 13.1. The molecule has 5 nitrogen and oxygen atoms in total. The Hall–Kier alpha value is -1.10. The molecule has 0 aromatic carbocycles. The van der Waals surface area contributed by atoms with E-state index in [1.54, 1.807) is 20.8 Å². The zero-order valence-corrected chi connectivity index (χ0v) is 10.8. The Kier molecular flexibility index (Phi) is 4.14. The fraction of sp³-hybridized carbons (Fsp3) is 0.833. The summed E-state index contributed by atoms with van der Waals surface area (Å²) < 4.78 is 0. The van der Waals surface area contributed by atoms with Crippen molar-refractivity contribution >= 4 is 11.8 Å². The predicted octanol–water partition coefficient (Wildman–Crippen LogP) is 0.180. The van der Waals surface area contributed by atoms with Crippen LogP contribution in [0, 0.1) is 5.41 Å². The third kappa shape index (κ3) is 4.34. The number of hydrogen-bond donors (Lipinski definition) is 3. The van der Waals surface area contributed by atoms with Crippen LogP contribution in [0.4, 0.5) is 0 Å². The minimum Gasteiger partial charge on any atom is -0.388 e. The van der Waals surface area contributed by atoms with Crippen LogP contribution in [-0.4, -0.2) is 35.6 Å². The number of nitrogens with one attached hydrogen (secondary N) is 2. The van der Waals surface area contributed by atoms with E-state index in [4.69, 9.17) is 0 Å². The van der Waals surface area contributed by atoms with Gasteiger partial charge in [-0.3, -0.25) is 9.59 Å². The van der Waals surface area contributed by atoms with Gasteiger partial charge in [-0.15, -0.1) is 0 Å². The number of carbonyl (C=O) groups is 2. The highest BCUT2D eigenvalue weighted by Crippen LogP contribution is 2.30. The van der Waals surface area contributed by atoms with Crippen molar-refractivity contribution in [2.75, 3.05) is 13.1 Å². The first-order valence-corrected chi connectivity index (χ1v) is 6.00. The molecule has 0 spiro atoms. The Morgan fingerprint density at radius 2 is 1.82 bits per heavy atom. The maximum atomic E-state index is 11.5. The largest absolute Gasteiger partial charge is 0.388 e. The maximum Gasteiger partial charge on any atom is 0.239 e. The summed E-state index contributed by atoms with van der Waals surface area (Å²) in [6.45, 7) is 5.61. The molecule has 1 aliphatic carbocycles. The van der Waals surface area contributed by atoms with E-state index < -0.39 is 11.0 Å². The lowest BCUT2D eigenvalue weighted by atomic mass is 9.80. The minimum atomic E-state index is -0.719. The second-order valence-corrected chi connectivity index (χ2v) is 5.79. The number of rotatable bonds is 4. The van der Waals surface area contributed by atoms with Crippen molar-refractivity contribution in [2.24, 2.45) is 5.41 Å². The van der Waals surface area contributed by atoms with E-state index in [9.17, 15) is 14.7 Å². The van der Waals surface area contributed by atoms with Crippen LogP contribution in [0.15, 0.2) is 0 Å². The summed E-state index contributed by atoms with van der Waals surface area (Å²) in [6.07, 6.45) is 2.48. The van der Waals surface area contributed by atoms with Gasteiger partial charge in [-0.1, -0.05) is 20.8 Å². The highest BCUT2D eigenvalue weighted by Gasteiger charge is 2.34. The van der Waals surface area contributed by atoms with Gasteiger partial charge in [0.1, 0.15) is 0 Å². The Bertz CT molecular complexity index is 303. The Morgan fingerprint density at radius 3 is 2.24 bits per heavy atom. The summed E-state index contributed by atoms with van der Waals surface area (Å²) in [5.74, 6) is -0.419. The molecule has 0 aliphatic heterocycles. The molecular weight excluding hydrogens is 220 g/mol. The Labute approximate surface area is 102 Å². The van der Waals surface area contributed by atoms with Crippen LogP contribution in [0.3, 0.4) is 0 Å². The molecule has 3 N–H and O–H groups in total. The van der Waals surface area contributed by atoms with Crippen molar-refractivity contribution in [3.63, 3.8) is 0 Å². The van der Waals surface area contributed by atoms with Crippen LogP contribution in [-0.2, 0) is 9.59 Å². The Morgan fingerprint density at radius 1 is 1.24 bits per heavy atom. The lowest BCUT2D eigenvalue weighted by molar-refractivity contribution is -0.131. The monoisotopic (exact) mass is 242 g/mol. The van der Waals surface area contributed by atoms with E-state index in [0.717, 1.165) is 19.3 Å². The lowest BCUT2D eigenvalue weighted by Gasteiger charge is -2.36. The van der Waals surface area contributed by atoms with Crippen LogP contribution >= 0.6 is 0 Å². The van der Waals surface area contributed by atoms with Crippen LogP contribution in [0.2, 0.25) is 0 Å². The van der Waals surface area contributed by atoms with Gasteiger partial charge in [-0.25, -0.2) is 0 Å². The molecule has 0 bridgehead atoms. The molecule has 0 saturated heterocycles. The second-order valence-electron chi connectivity index (χ2n) is 5.79. The van der Waals surface area contributed by atoms with Gasteiger partial charge in [0.25, 0.3) is 0 Å². The smallest absolute Gasteiger partial charge is 0.239 e. The third-order valence-corrected chi connectivity index (χ3v) is 2.99. The van der Waals surface area contributed by atoms with Gasteiger partial charge in [-0.2, -0.15) is 0 Å². The molecule has 0 radical (unpaired) electrons. The average Bonchev–Trinajstić information content (AvgIpc) is 2.18. The molecule has 17 heavy (non-hydrogen) atoms. The first-order valence-electron chi connectivity index (χ1n) is 6.00. The van der Waals surface area contributed by atoms with Crippen molar-refractivity contribution in [2.45, 2.75) is 45.6 Å². The molecule has 1 rings (SSSR count). The third-order valence-electron chi connectivity index (χ3n) is 2.99. The molecule has 0 unspecified atom stereocenters. The number of carbonyl (C=O) groups excluding carboxylic acids is 2. The van der Waals surface area contributed by atoms with Crippen molar-refractivity contribution in [3.05, 3.63) is 0 Å². The predicted molar refractivity (Wildman–Crippen MR) is 64.3 cm³/mol. The zero-order valence-electron chi connectivity index (χ0n) is 10.8. The van der Waals surface area contributed by atoms with Gasteiger partial charge in [0.15, 0.2) is 0 Å². The van der Waals surface area contributed by atoms with Gasteiger partial charge in [0.2, 0.25) is 11.8 Å². The Balaban J connectivity index is 2.19. The van der Waals surface area contributed by atoms with Crippen LogP contribution in [0.25, 0.3) is 0 Å². The molecule has 98 valence electrons. The molecule has 1 saturated carbocycles. The van der Waals surface area contributed by atoms with Gasteiger partial charge >= 0.3 is 0 Å². The molecule has 0 heterocycles. The standard InChI is InChI=1S/C12H22N2O3/c1-11(2,3)10(16)13-7-9(15)14-8-12(17)5-4-6-12/h17H,4-8H2,1-3H3,(H,13,16)(H,14,15). The number of hydrogen-bond acceptors (Lipinski definition) is 3. The highest BCUT2D eigenvalue weighted by molar-refractivity contribution is 5.87. The number of aliphatic hydroxyl groups is 1. The summed E-state index contributed by atoms with van der Waals surface area (Å²) in [5.41, 5.74) is -1.21. The first-order chi connectivity index (χ1) is 7.73. The van der Waals surface area contributed by atoms with Crippen molar-refractivity contribution < 1.29 is 14.7 Å². The molecule has 2 amide bonds. The van der Waals surface area contributed by atoms with Crippen molar-refractivity contribution in [1.29, 1.82) is 0 Å².